The van der Waals surface area contributed by atoms with Crippen molar-refractivity contribution in [3.8, 4) is 23.6 Å². The molecule has 6 nitrogen and oxygen atoms in total. The lowest BCUT2D eigenvalue weighted by atomic mass is 10.1. The van der Waals surface area contributed by atoms with Gasteiger partial charge in [0.1, 0.15) is 17.7 Å². The molecule has 0 unspecified atom stereocenters. The molecule has 0 spiro atoms. The molecular formula is C16H16BrN3O3. The number of nitrogens with one attached hydrogen (secondary N) is 1. The Morgan fingerprint density at radius 2 is 2.09 bits per heavy atom. The topological polar surface area (TPSA) is 95.1 Å². The standard InChI is InChI=1S/C16H16BrN3O3/c1-10(2)20-16(21)12(9-19)6-11-7-14(22-3)15(8-13(11)17)23-5-4-18/h6-8,10H,5H2,1-3H3,(H,20,21)/b12-6-. The zero-order chi connectivity index (χ0) is 17.4. The van der Waals surface area contributed by atoms with Crippen LogP contribution in [0.15, 0.2) is 22.2 Å². The summed E-state index contributed by atoms with van der Waals surface area (Å²) in [7, 11) is 1.46. The van der Waals surface area contributed by atoms with E-state index in [1.54, 1.807) is 12.1 Å². The fourth-order valence-electron chi connectivity index (χ4n) is 1.69. The highest BCUT2D eigenvalue weighted by Crippen LogP contribution is 2.34. The predicted octanol–water partition coefficient (Wildman–Crippen LogP) is 2.79. The molecule has 0 radical (unpaired) electrons. The molecule has 0 saturated carbocycles. The van der Waals surface area contributed by atoms with Crippen LogP contribution in [0.1, 0.15) is 19.4 Å². The molecule has 0 fully saturated rings. The molecular weight excluding hydrogens is 362 g/mol. The van der Waals surface area contributed by atoms with Gasteiger partial charge in [-0.25, -0.2) is 0 Å². The number of nitrogens with zero attached hydrogens (tertiary/aromatic N) is 2. The second-order valence-electron chi connectivity index (χ2n) is 4.77. The van der Waals surface area contributed by atoms with Gasteiger partial charge in [-0.05, 0) is 37.6 Å². The molecule has 0 aliphatic heterocycles. The molecule has 0 heterocycles. The third kappa shape index (κ3) is 5.32. The van der Waals surface area contributed by atoms with Gasteiger partial charge in [0.15, 0.2) is 18.1 Å². The normalized spacial score (nSPS) is 10.7. The largest absolute Gasteiger partial charge is 0.493 e. The van der Waals surface area contributed by atoms with Crippen molar-refractivity contribution in [3.05, 3.63) is 27.7 Å². The van der Waals surface area contributed by atoms with Crippen LogP contribution in [-0.2, 0) is 4.79 Å². The Balaban J connectivity index is 3.22. The Morgan fingerprint density at radius 3 is 2.61 bits per heavy atom. The van der Waals surface area contributed by atoms with Crippen molar-refractivity contribution >= 4 is 27.9 Å². The van der Waals surface area contributed by atoms with Gasteiger partial charge in [-0.15, -0.1) is 0 Å². The minimum absolute atomic E-state index is 0.0212. The molecule has 120 valence electrons. The first-order valence-corrected chi connectivity index (χ1v) is 7.52. The molecule has 0 aliphatic rings. The fraction of sp³-hybridized carbons (Fsp3) is 0.312. The second-order valence-corrected chi connectivity index (χ2v) is 5.62. The van der Waals surface area contributed by atoms with E-state index in [1.807, 2.05) is 26.0 Å². The molecule has 7 heteroatoms. The summed E-state index contributed by atoms with van der Waals surface area (Å²) in [5.41, 5.74) is 0.564. The number of hydrogen-bond donors (Lipinski definition) is 1. The van der Waals surface area contributed by atoms with Crippen LogP contribution in [0.5, 0.6) is 11.5 Å². The predicted molar refractivity (Wildman–Crippen MR) is 88.7 cm³/mol. The minimum Gasteiger partial charge on any atom is -0.493 e. The summed E-state index contributed by atoms with van der Waals surface area (Å²) in [6, 6.07) is 6.93. The van der Waals surface area contributed by atoms with Crippen LogP contribution in [0.4, 0.5) is 0 Å². The number of hydrogen-bond acceptors (Lipinski definition) is 5. The number of benzene rings is 1. The van der Waals surface area contributed by atoms with Crippen molar-refractivity contribution in [1.82, 2.24) is 5.32 Å². The lowest BCUT2D eigenvalue weighted by Gasteiger charge is -2.11. The summed E-state index contributed by atoms with van der Waals surface area (Å²) >= 11 is 3.36. The van der Waals surface area contributed by atoms with E-state index >= 15 is 0 Å². The van der Waals surface area contributed by atoms with Crippen molar-refractivity contribution in [2.45, 2.75) is 19.9 Å². The third-order valence-corrected chi connectivity index (χ3v) is 3.35. The van der Waals surface area contributed by atoms with Crippen LogP contribution in [0.25, 0.3) is 6.08 Å². The fourth-order valence-corrected chi connectivity index (χ4v) is 2.12. The van der Waals surface area contributed by atoms with Gasteiger partial charge in [0, 0.05) is 10.5 Å². The Bertz CT molecular complexity index is 700. The van der Waals surface area contributed by atoms with Gasteiger partial charge in [0.05, 0.1) is 7.11 Å². The van der Waals surface area contributed by atoms with Crippen molar-refractivity contribution in [3.63, 3.8) is 0 Å². The second kappa shape index (κ2) is 8.82. The number of nitriles is 2. The van der Waals surface area contributed by atoms with Crippen LogP contribution in [0, 0.1) is 22.7 Å². The summed E-state index contributed by atoms with van der Waals surface area (Å²) < 4.78 is 11.1. The van der Waals surface area contributed by atoms with Crippen molar-refractivity contribution in [1.29, 1.82) is 10.5 Å². The van der Waals surface area contributed by atoms with Crippen LogP contribution >= 0.6 is 15.9 Å². The number of carbonyl (C=O) groups excluding carboxylic acids is 1. The maximum absolute atomic E-state index is 12.0. The zero-order valence-corrected chi connectivity index (χ0v) is 14.6. The summed E-state index contributed by atoms with van der Waals surface area (Å²) in [4.78, 5) is 12.0. The average molecular weight is 378 g/mol. The lowest BCUT2D eigenvalue weighted by Crippen LogP contribution is -2.30. The summed E-state index contributed by atoms with van der Waals surface area (Å²) in [5, 5.41) is 20.4. The molecule has 1 amide bonds. The zero-order valence-electron chi connectivity index (χ0n) is 13.0. The highest BCUT2D eigenvalue weighted by molar-refractivity contribution is 9.10. The first-order chi connectivity index (χ1) is 10.9. The molecule has 1 N–H and O–H groups in total. The van der Waals surface area contributed by atoms with Crippen LogP contribution in [-0.4, -0.2) is 25.7 Å². The molecule has 1 rings (SSSR count). The Labute approximate surface area is 143 Å². The molecule has 0 atom stereocenters. The van der Waals surface area contributed by atoms with Crippen LogP contribution < -0.4 is 14.8 Å². The lowest BCUT2D eigenvalue weighted by molar-refractivity contribution is -0.117. The first kappa shape index (κ1) is 18.5. The molecule has 1 aromatic carbocycles. The van der Waals surface area contributed by atoms with E-state index in [1.165, 1.54) is 13.2 Å². The average Bonchev–Trinajstić information content (AvgIpc) is 2.50. The van der Waals surface area contributed by atoms with Gasteiger partial charge in [-0.2, -0.15) is 10.5 Å². The summed E-state index contributed by atoms with van der Waals surface area (Å²) in [6.45, 7) is 3.51. The monoisotopic (exact) mass is 377 g/mol. The number of amides is 1. The maximum atomic E-state index is 12.0. The highest BCUT2D eigenvalue weighted by atomic mass is 79.9. The molecule has 0 aromatic heterocycles. The molecule has 23 heavy (non-hydrogen) atoms. The van der Waals surface area contributed by atoms with E-state index in [0.717, 1.165) is 0 Å². The van der Waals surface area contributed by atoms with Gasteiger partial charge in [0.2, 0.25) is 0 Å². The van der Waals surface area contributed by atoms with Crippen molar-refractivity contribution in [2.75, 3.05) is 13.7 Å². The van der Waals surface area contributed by atoms with E-state index in [0.29, 0.717) is 21.5 Å². The maximum Gasteiger partial charge on any atom is 0.262 e. The number of carbonyl (C=O) groups is 1. The number of rotatable bonds is 6. The number of halogens is 1. The van der Waals surface area contributed by atoms with E-state index in [4.69, 9.17) is 14.7 Å². The Kier molecular flexibility index (Phi) is 7.11. The van der Waals surface area contributed by atoms with Gasteiger partial charge < -0.3 is 14.8 Å². The van der Waals surface area contributed by atoms with E-state index in [-0.39, 0.29) is 18.2 Å². The van der Waals surface area contributed by atoms with Gasteiger partial charge in [0.25, 0.3) is 5.91 Å². The van der Waals surface area contributed by atoms with Gasteiger partial charge in [-0.1, -0.05) is 15.9 Å². The molecule has 1 aromatic rings. The number of ether oxygens (including phenoxy) is 2. The van der Waals surface area contributed by atoms with Gasteiger partial charge in [-0.3, -0.25) is 4.79 Å². The van der Waals surface area contributed by atoms with Crippen molar-refractivity contribution < 1.29 is 14.3 Å². The number of methoxy groups -OCH3 is 1. The summed E-state index contributed by atoms with van der Waals surface area (Å²) in [5.74, 6) is 0.345. The summed E-state index contributed by atoms with van der Waals surface area (Å²) in [6.07, 6.45) is 1.46. The SMILES string of the molecule is COc1cc(/C=C(/C#N)C(=O)NC(C)C)c(Br)cc1OCC#N. The van der Waals surface area contributed by atoms with E-state index in [2.05, 4.69) is 21.2 Å². The van der Waals surface area contributed by atoms with Crippen LogP contribution in [0.3, 0.4) is 0 Å². The van der Waals surface area contributed by atoms with E-state index < -0.39 is 5.91 Å². The molecule has 0 bridgehead atoms. The Morgan fingerprint density at radius 1 is 1.39 bits per heavy atom. The first-order valence-electron chi connectivity index (χ1n) is 6.72. The minimum atomic E-state index is -0.446. The Hall–Kier alpha value is -2.51. The van der Waals surface area contributed by atoms with Crippen molar-refractivity contribution in [2.24, 2.45) is 0 Å². The quantitative estimate of drug-likeness (QED) is 0.607. The van der Waals surface area contributed by atoms with Crippen LogP contribution in [0.2, 0.25) is 0 Å². The molecule has 0 saturated heterocycles. The molecule has 0 aliphatic carbocycles. The third-order valence-electron chi connectivity index (χ3n) is 2.66. The smallest absolute Gasteiger partial charge is 0.262 e. The van der Waals surface area contributed by atoms with Gasteiger partial charge >= 0.3 is 0 Å². The highest BCUT2D eigenvalue weighted by Gasteiger charge is 2.14. The van der Waals surface area contributed by atoms with E-state index in [9.17, 15) is 10.1 Å².